The number of halogens is 3. The van der Waals surface area contributed by atoms with Crippen LogP contribution in [-0.2, 0) is 21.3 Å². The molecule has 0 saturated carbocycles. The normalized spacial score (nSPS) is 22.2. The van der Waals surface area contributed by atoms with Crippen LogP contribution in [0.3, 0.4) is 0 Å². The lowest BCUT2D eigenvalue weighted by atomic mass is 9.72. The van der Waals surface area contributed by atoms with E-state index in [0.717, 1.165) is 43.0 Å². The number of hydrogen-bond donors (Lipinski definition) is 2. The quantitative estimate of drug-likeness (QED) is 0.264. The Morgan fingerprint density at radius 3 is 2.56 bits per heavy atom. The topological polar surface area (TPSA) is 155 Å². The number of sulfonamides is 1. The van der Waals surface area contributed by atoms with Gasteiger partial charge in [0.1, 0.15) is 22.8 Å². The summed E-state index contributed by atoms with van der Waals surface area (Å²) in [6.45, 7) is 8.02. The van der Waals surface area contributed by atoms with Crippen molar-refractivity contribution >= 4 is 21.7 Å². The monoisotopic (exact) mass is 750 g/mol. The molecule has 6 rings (SSSR count). The van der Waals surface area contributed by atoms with Gasteiger partial charge in [0.2, 0.25) is 10.0 Å². The number of nitrogens with zero attached hydrogens (tertiary/aromatic N) is 7. The number of carbonyl (C=O) groups is 1. The molecule has 2 N–H and O–H groups in total. The summed E-state index contributed by atoms with van der Waals surface area (Å²) in [4.78, 5) is 27.1. The summed E-state index contributed by atoms with van der Waals surface area (Å²) in [6, 6.07) is 2.38. The van der Waals surface area contributed by atoms with E-state index >= 15 is 0 Å². The highest BCUT2D eigenvalue weighted by Gasteiger charge is 2.47. The fourth-order valence-corrected chi connectivity index (χ4v) is 8.27. The Labute approximate surface area is 301 Å². The van der Waals surface area contributed by atoms with E-state index in [1.165, 1.54) is 35.7 Å². The van der Waals surface area contributed by atoms with E-state index in [0.29, 0.717) is 38.4 Å². The second-order valence-corrected chi connectivity index (χ2v) is 15.9. The summed E-state index contributed by atoms with van der Waals surface area (Å²) in [6.07, 6.45) is 5.29. The minimum Gasteiger partial charge on any atom is -0.451 e. The average Bonchev–Trinajstić information content (AvgIpc) is 3.59. The number of β-amino-alcohol motifs (C(OH)–C–C–N with tert-alkyl or cyclic N) is 1. The maximum Gasteiger partial charge on any atom is 0.258 e. The standard InChI is InChI=1S/C34H45F3N8O6S/c1-4-44-16-26(14-40-44)52(48,49)41-25-7-8-34(47,50-18-25)21-42-11-9-33(10-12-42)19-43(20-33)31-29(15-38-22-39-31)51-28-6-5-24(35)13-27(28)32(46)45(23(2)3)17-30(36)37/h5-6,13-16,22-23,25,30,41,47H,4,7-12,17-21H2,1-3H3/t25-,34-/m1/s1. The number of ether oxygens (including phenoxy) is 2. The lowest BCUT2D eigenvalue weighted by Crippen LogP contribution is -2.62. The molecule has 0 unspecified atom stereocenters. The fourth-order valence-electron chi connectivity index (χ4n) is 7.07. The first-order valence-electron chi connectivity index (χ1n) is 17.4. The number of likely N-dealkylation sites (tertiary alicyclic amines) is 1. The van der Waals surface area contributed by atoms with Crippen LogP contribution in [0.4, 0.5) is 19.0 Å². The molecule has 2 aromatic heterocycles. The first kappa shape index (κ1) is 37.9. The molecule has 3 aliphatic rings. The second kappa shape index (κ2) is 15.3. The number of aryl methyl sites for hydroxylation is 1. The second-order valence-electron chi connectivity index (χ2n) is 14.2. The Balaban J connectivity index is 1.02. The van der Waals surface area contributed by atoms with Gasteiger partial charge in [-0.2, -0.15) is 5.10 Å². The Morgan fingerprint density at radius 1 is 1.17 bits per heavy atom. The summed E-state index contributed by atoms with van der Waals surface area (Å²) >= 11 is 0. The van der Waals surface area contributed by atoms with Gasteiger partial charge in [0.15, 0.2) is 17.4 Å². The van der Waals surface area contributed by atoms with E-state index in [1.54, 1.807) is 13.8 Å². The van der Waals surface area contributed by atoms with Gasteiger partial charge in [-0.3, -0.25) is 14.4 Å². The van der Waals surface area contributed by atoms with Gasteiger partial charge in [-0.1, -0.05) is 0 Å². The molecule has 14 nitrogen and oxygen atoms in total. The van der Waals surface area contributed by atoms with Gasteiger partial charge >= 0.3 is 0 Å². The lowest BCUT2D eigenvalue weighted by molar-refractivity contribution is -0.239. The van der Waals surface area contributed by atoms with Crippen molar-refractivity contribution in [1.29, 1.82) is 0 Å². The smallest absolute Gasteiger partial charge is 0.258 e. The molecule has 1 aromatic carbocycles. The van der Waals surface area contributed by atoms with Gasteiger partial charge in [-0.05, 0) is 71.3 Å². The lowest BCUT2D eigenvalue weighted by Gasteiger charge is -2.55. The number of aromatic nitrogens is 4. The molecule has 3 saturated heterocycles. The Morgan fingerprint density at radius 2 is 1.92 bits per heavy atom. The van der Waals surface area contributed by atoms with Crippen LogP contribution in [0.2, 0.25) is 0 Å². The Kier molecular flexibility index (Phi) is 11.1. The minimum absolute atomic E-state index is 0.00137. The number of benzene rings is 1. The van der Waals surface area contributed by atoms with E-state index in [1.807, 2.05) is 11.8 Å². The Hall–Kier alpha value is -3.84. The molecule has 52 heavy (non-hydrogen) atoms. The van der Waals surface area contributed by atoms with Crippen molar-refractivity contribution in [3.8, 4) is 11.5 Å². The van der Waals surface area contributed by atoms with Crippen LogP contribution < -0.4 is 14.4 Å². The maximum absolute atomic E-state index is 14.3. The Bertz CT molecular complexity index is 1820. The third-order valence-electron chi connectivity index (χ3n) is 10.0. The van der Waals surface area contributed by atoms with Crippen LogP contribution in [0.15, 0.2) is 48.0 Å². The molecule has 3 aliphatic heterocycles. The highest BCUT2D eigenvalue weighted by atomic mass is 32.2. The largest absolute Gasteiger partial charge is 0.451 e. The summed E-state index contributed by atoms with van der Waals surface area (Å²) in [5.41, 5.74) is -0.175. The molecule has 1 spiro atoms. The van der Waals surface area contributed by atoms with Gasteiger partial charge in [0.25, 0.3) is 12.3 Å². The molecule has 2 atom stereocenters. The average molecular weight is 751 g/mol. The number of piperidine rings is 1. The number of aliphatic hydroxyl groups is 1. The third kappa shape index (κ3) is 8.51. The van der Waals surface area contributed by atoms with Crippen molar-refractivity contribution in [3.05, 3.63) is 54.5 Å². The van der Waals surface area contributed by atoms with Gasteiger partial charge in [0, 0.05) is 49.8 Å². The highest BCUT2D eigenvalue weighted by Crippen LogP contribution is 2.45. The first-order chi connectivity index (χ1) is 24.7. The van der Waals surface area contributed by atoms with Crippen LogP contribution in [0, 0.1) is 11.2 Å². The van der Waals surface area contributed by atoms with Crippen LogP contribution in [0.5, 0.6) is 11.5 Å². The third-order valence-corrected chi connectivity index (χ3v) is 11.5. The molecule has 284 valence electrons. The molecule has 5 heterocycles. The van der Waals surface area contributed by atoms with Gasteiger partial charge in [-0.25, -0.2) is 36.3 Å². The van der Waals surface area contributed by atoms with Gasteiger partial charge < -0.3 is 24.4 Å². The molecular weight excluding hydrogens is 705 g/mol. The zero-order valence-electron chi connectivity index (χ0n) is 29.4. The predicted molar refractivity (Wildman–Crippen MR) is 183 cm³/mol. The van der Waals surface area contributed by atoms with E-state index in [2.05, 4.69) is 24.7 Å². The van der Waals surface area contributed by atoms with Crippen LogP contribution in [-0.4, -0.2) is 119 Å². The molecule has 3 fully saturated rings. The maximum atomic E-state index is 14.3. The number of carbonyl (C=O) groups excluding carboxylic acids is 1. The number of nitrogens with one attached hydrogen (secondary N) is 1. The number of hydrogen-bond acceptors (Lipinski definition) is 11. The molecule has 0 aliphatic carbocycles. The summed E-state index contributed by atoms with van der Waals surface area (Å²) in [7, 11) is -3.76. The van der Waals surface area contributed by atoms with Crippen molar-refractivity contribution in [2.24, 2.45) is 5.41 Å². The van der Waals surface area contributed by atoms with Crippen LogP contribution >= 0.6 is 0 Å². The van der Waals surface area contributed by atoms with Gasteiger partial charge in [0.05, 0.1) is 37.7 Å². The molecule has 0 bridgehead atoms. The molecular formula is C34H45F3N8O6S. The number of rotatable bonds is 13. The zero-order chi connectivity index (χ0) is 37.3. The fraction of sp³-hybridized carbons (Fsp3) is 0.588. The number of alkyl halides is 2. The predicted octanol–water partition coefficient (Wildman–Crippen LogP) is 3.49. The summed E-state index contributed by atoms with van der Waals surface area (Å²) in [5, 5.41) is 15.3. The molecule has 1 amide bonds. The molecule has 0 radical (unpaired) electrons. The van der Waals surface area contributed by atoms with E-state index in [4.69, 9.17) is 9.47 Å². The number of amides is 1. The molecule has 3 aromatic rings. The summed E-state index contributed by atoms with van der Waals surface area (Å²) in [5.74, 6) is -2.13. The van der Waals surface area contributed by atoms with E-state index in [-0.39, 0.29) is 40.4 Å². The number of anilines is 1. The van der Waals surface area contributed by atoms with Gasteiger partial charge in [-0.15, -0.1) is 0 Å². The van der Waals surface area contributed by atoms with Crippen LogP contribution in [0.1, 0.15) is 56.8 Å². The first-order valence-corrected chi connectivity index (χ1v) is 18.9. The summed E-state index contributed by atoms with van der Waals surface area (Å²) < 4.78 is 82.6. The van der Waals surface area contributed by atoms with Crippen molar-refractivity contribution in [1.82, 2.24) is 34.3 Å². The minimum atomic E-state index is -3.76. The highest BCUT2D eigenvalue weighted by molar-refractivity contribution is 7.89. The SMILES string of the molecule is CCn1cc(S(=O)(=O)N[C@@H]2CC[C@](O)(CN3CCC4(CC3)CN(c3ncncc3Oc3ccc(F)cc3C(=O)N(CC(F)F)C(C)C)C4)OC2)cn1. The van der Waals surface area contributed by atoms with Crippen LogP contribution in [0.25, 0.3) is 0 Å². The van der Waals surface area contributed by atoms with Crippen molar-refractivity contribution < 1.29 is 41.0 Å². The van der Waals surface area contributed by atoms with E-state index < -0.39 is 52.6 Å². The van der Waals surface area contributed by atoms with Crippen molar-refractivity contribution in [2.45, 2.75) is 82.2 Å². The van der Waals surface area contributed by atoms with Crippen molar-refractivity contribution in [3.63, 3.8) is 0 Å². The van der Waals surface area contributed by atoms with Crippen molar-refractivity contribution in [2.75, 3.05) is 50.8 Å². The zero-order valence-corrected chi connectivity index (χ0v) is 30.2. The molecule has 18 heteroatoms. The van der Waals surface area contributed by atoms with E-state index in [9.17, 15) is 31.5 Å².